The van der Waals surface area contributed by atoms with E-state index >= 15 is 0 Å². The van der Waals surface area contributed by atoms with Crippen LogP contribution in [0.5, 0.6) is 0 Å². The van der Waals surface area contributed by atoms with Crippen molar-refractivity contribution in [3.63, 3.8) is 0 Å². The minimum absolute atomic E-state index is 0.240. The summed E-state index contributed by atoms with van der Waals surface area (Å²) in [6, 6.07) is -1.17. The van der Waals surface area contributed by atoms with Crippen LogP contribution in [0.25, 0.3) is 0 Å². The second-order valence-electron chi connectivity index (χ2n) is 16.5. The fraction of sp³-hybridized carbons (Fsp3) is 0.933. The Balaban J connectivity index is 2.40. The standard InChI is InChI=1S/C45H87NO10/c1-3-5-7-9-11-13-14-15-16-17-18-19-20-21-22-23-25-26-28-30-32-37(48)40(50)36(35-55-45-43(53)42(52)41(51)39(34-47)56-45)46-44(54)38(49)33-31-29-27-24-12-10-8-6-4-2/h10,12,36-43,45,47-53H,3-9,11,13-35H2,1-2H3,(H,46,54)/b12-10-. The van der Waals surface area contributed by atoms with Crippen molar-refractivity contribution in [3.05, 3.63) is 12.2 Å². The van der Waals surface area contributed by atoms with Gasteiger partial charge in [-0.05, 0) is 32.1 Å². The van der Waals surface area contributed by atoms with E-state index in [9.17, 15) is 40.5 Å². The Morgan fingerprint density at radius 2 is 1.05 bits per heavy atom. The molecule has 8 N–H and O–H groups in total. The van der Waals surface area contributed by atoms with Crippen LogP contribution in [0.4, 0.5) is 0 Å². The predicted octanol–water partition coefficient (Wildman–Crippen LogP) is 7.28. The van der Waals surface area contributed by atoms with Gasteiger partial charge in [0, 0.05) is 0 Å². The first-order valence-corrected chi connectivity index (χ1v) is 23.1. The molecule has 0 aromatic carbocycles. The number of allylic oxidation sites excluding steroid dienone is 2. The number of rotatable bonds is 38. The Hall–Kier alpha value is -1.15. The molecule has 1 aliphatic rings. The maximum atomic E-state index is 13.0. The summed E-state index contributed by atoms with van der Waals surface area (Å²) in [4.78, 5) is 13.0. The Kier molecular flexibility index (Phi) is 33.8. The molecule has 9 atom stereocenters. The quantitative estimate of drug-likeness (QED) is 0.0233. The molecule has 1 saturated heterocycles. The van der Waals surface area contributed by atoms with Crippen molar-refractivity contribution in [3.8, 4) is 0 Å². The summed E-state index contributed by atoms with van der Waals surface area (Å²) >= 11 is 0. The fourth-order valence-corrected chi connectivity index (χ4v) is 7.42. The predicted molar refractivity (Wildman–Crippen MR) is 224 cm³/mol. The van der Waals surface area contributed by atoms with Crippen molar-refractivity contribution < 1.29 is 50.0 Å². The summed E-state index contributed by atoms with van der Waals surface area (Å²) in [5.41, 5.74) is 0. The van der Waals surface area contributed by atoms with Gasteiger partial charge in [-0.3, -0.25) is 4.79 Å². The van der Waals surface area contributed by atoms with E-state index in [0.717, 1.165) is 44.9 Å². The molecule has 11 heteroatoms. The van der Waals surface area contributed by atoms with Crippen LogP contribution < -0.4 is 5.32 Å². The average Bonchev–Trinajstić information content (AvgIpc) is 3.20. The van der Waals surface area contributed by atoms with Gasteiger partial charge in [0.05, 0.1) is 25.4 Å². The molecule has 11 nitrogen and oxygen atoms in total. The van der Waals surface area contributed by atoms with E-state index in [1.165, 1.54) is 116 Å². The normalized spacial score (nSPS) is 22.3. The van der Waals surface area contributed by atoms with Gasteiger partial charge >= 0.3 is 0 Å². The van der Waals surface area contributed by atoms with Gasteiger partial charge < -0.3 is 50.5 Å². The van der Waals surface area contributed by atoms with Crippen molar-refractivity contribution in [2.24, 2.45) is 0 Å². The zero-order chi connectivity index (χ0) is 41.2. The first-order valence-electron chi connectivity index (χ1n) is 23.1. The lowest BCUT2D eigenvalue weighted by Gasteiger charge is -2.40. The highest BCUT2D eigenvalue weighted by molar-refractivity contribution is 5.80. The fourth-order valence-electron chi connectivity index (χ4n) is 7.42. The van der Waals surface area contributed by atoms with Crippen LogP contribution in [0.1, 0.15) is 200 Å². The number of hydrogen-bond donors (Lipinski definition) is 8. The third-order valence-electron chi connectivity index (χ3n) is 11.3. The monoisotopic (exact) mass is 802 g/mol. The summed E-state index contributed by atoms with van der Waals surface area (Å²) in [5, 5.41) is 75.5. The number of aliphatic hydroxyl groups excluding tert-OH is 7. The molecule has 1 rings (SSSR count). The smallest absolute Gasteiger partial charge is 0.249 e. The van der Waals surface area contributed by atoms with Gasteiger partial charge in [0.1, 0.15) is 36.6 Å². The van der Waals surface area contributed by atoms with Gasteiger partial charge in [-0.1, -0.05) is 180 Å². The molecule has 9 unspecified atom stereocenters. The second-order valence-corrected chi connectivity index (χ2v) is 16.5. The topological polar surface area (TPSA) is 189 Å². The Bertz CT molecular complexity index is 923. The summed E-state index contributed by atoms with van der Waals surface area (Å²) in [7, 11) is 0. The highest BCUT2D eigenvalue weighted by Gasteiger charge is 2.44. The molecule has 0 aromatic rings. The molecule has 332 valence electrons. The lowest BCUT2D eigenvalue weighted by Crippen LogP contribution is -2.60. The number of unbranched alkanes of at least 4 members (excludes halogenated alkanes) is 24. The van der Waals surface area contributed by atoms with E-state index in [4.69, 9.17) is 9.47 Å². The van der Waals surface area contributed by atoms with Crippen LogP contribution >= 0.6 is 0 Å². The largest absolute Gasteiger partial charge is 0.394 e. The molecule has 0 bridgehead atoms. The molecule has 1 aliphatic heterocycles. The van der Waals surface area contributed by atoms with E-state index in [2.05, 4.69) is 31.3 Å². The highest BCUT2D eigenvalue weighted by Crippen LogP contribution is 2.23. The molecule has 1 amide bonds. The molecule has 0 saturated carbocycles. The third kappa shape index (κ3) is 25.4. The van der Waals surface area contributed by atoms with Crippen molar-refractivity contribution in [2.45, 2.75) is 255 Å². The minimum Gasteiger partial charge on any atom is -0.394 e. The number of nitrogens with one attached hydrogen (secondary N) is 1. The molecule has 0 aromatic heterocycles. The zero-order valence-electron chi connectivity index (χ0n) is 35.6. The SMILES string of the molecule is CCCC/C=C\CCCCCC(O)C(=O)NC(COC1OC(CO)C(O)C(O)C1O)C(O)C(O)CCCCCCCCCCCCCCCCCCCCCC. The van der Waals surface area contributed by atoms with Gasteiger partial charge in [0.25, 0.3) is 0 Å². The molecular formula is C45H87NO10. The average molecular weight is 802 g/mol. The Morgan fingerprint density at radius 3 is 1.55 bits per heavy atom. The molecule has 0 aliphatic carbocycles. The van der Waals surface area contributed by atoms with E-state index in [1.807, 2.05) is 0 Å². The molecule has 1 fully saturated rings. The summed E-state index contributed by atoms with van der Waals surface area (Å²) < 4.78 is 11.1. The van der Waals surface area contributed by atoms with Gasteiger partial charge in [-0.25, -0.2) is 0 Å². The van der Waals surface area contributed by atoms with Crippen LogP contribution in [-0.4, -0.2) is 110 Å². The lowest BCUT2D eigenvalue weighted by molar-refractivity contribution is -0.303. The number of carbonyl (C=O) groups is 1. The minimum atomic E-state index is -1.66. The maximum Gasteiger partial charge on any atom is 0.249 e. The van der Waals surface area contributed by atoms with Gasteiger partial charge in [0.15, 0.2) is 6.29 Å². The van der Waals surface area contributed by atoms with Crippen LogP contribution in [0.3, 0.4) is 0 Å². The van der Waals surface area contributed by atoms with Crippen LogP contribution in [0.15, 0.2) is 12.2 Å². The third-order valence-corrected chi connectivity index (χ3v) is 11.3. The van der Waals surface area contributed by atoms with Crippen LogP contribution in [-0.2, 0) is 14.3 Å². The first-order chi connectivity index (χ1) is 27.2. The Labute approximate surface area is 341 Å². The number of hydrogen-bond acceptors (Lipinski definition) is 10. The number of amides is 1. The molecule has 1 heterocycles. The maximum absolute atomic E-state index is 13.0. The van der Waals surface area contributed by atoms with Crippen LogP contribution in [0, 0.1) is 0 Å². The van der Waals surface area contributed by atoms with Gasteiger partial charge in [0.2, 0.25) is 5.91 Å². The van der Waals surface area contributed by atoms with Gasteiger partial charge in [-0.2, -0.15) is 0 Å². The summed E-state index contributed by atoms with van der Waals surface area (Å²) in [5.74, 6) is -0.711. The van der Waals surface area contributed by atoms with E-state index in [1.54, 1.807) is 0 Å². The van der Waals surface area contributed by atoms with Crippen molar-refractivity contribution in [1.29, 1.82) is 0 Å². The van der Waals surface area contributed by atoms with Crippen molar-refractivity contribution in [1.82, 2.24) is 5.32 Å². The molecule has 0 spiro atoms. The number of carbonyl (C=O) groups excluding carboxylic acids is 1. The molecule has 56 heavy (non-hydrogen) atoms. The highest BCUT2D eigenvalue weighted by atomic mass is 16.7. The Morgan fingerprint density at radius 1 is 0.607 bits per heavy atom. The second kappa shape index (κ2) is 35.8. The molecular weight excluding hydrogens is 714 g/mol. The van der Waals surface area contributed by atoms with Gasteiger partial charge in [-0.15, -0.1) is 0 Å². The van der Waals surface area contributed by atoms with Crippen molar-refractivity contribution in [2.75, 3.05) is 13.2 Å². The van der Waals surface area contributed by atoms with Crippen LogP contribution in [0.2, 0.25) is 0 Å². The number of aliphatic hydroxyl groups is 7. The van der Waals surface area contributed by atoms with E-state index in [0.29, 0.717) is 19.3 Å². The summed E-state index contributed by atoms with van der Waals surface area (Å²) in [6.45, 7) is 3.37. The van der Waals surface area contributed by atoms with E-state index in [-0.39, 0.29) is 6.42 Å². The first kappa shape index (κ1) is 52.9. The van der Waals surface area contributed by atoms with Crippen molar-refractivity contribution >= 4 is 5.91 Å². The van der Waals surface area contributed by atoms with E-state index < -0.39 is 74.2 Å². The zero-order valence-corrected chi connectivity index (χ0v) is 35.6. The molecule has 0 radical (unpaired) electrons. The summed E-state index contributed by atoms with van der Waals surface area (Å²) in [6.07, 6.45) is 25.7. The number of ether oxygens (including phenoxy) is 2. The lowest BCUT2D eigenvalue weighted by atomic mass is 9.98.